The van der Waals surface area contributed by atoms with Crippen molar-refractivity contribution in [1.82, 2.24) is 19.1 Å². The van der Waals surface area contributed by atoms with Gasteiger partial charge in [-0.1, -0.05) is 127 Å². The van der Waals surface area contributed by atoms with Crippen molar-refractivity contribution in [2.75, 3.05) is 0 Å². The molecule has 10 aromatic rings. The van der Waals surface area contributed by atoms with E-state index >= 15 is 0 Å². The smallest absolute Gasteiger partial charge is 0.0710 e. The fourth-order valence-corrected chi connectivity index (χ4v) is 8.66. The second-order valence-corrected chi connectivity index (χ2v) is 14.5. The van der Waals surface area contributed by atoms with Crippen molar-refractivity contribution in [3.63, 3.8) is 0 Å². The van der Waals surface area contributed by atoms with Crippen LogP contribution in [0.15, 0.2) is 188 Å². The minimum atomic E-state index is 0.952. The zero-order valence-corrected chi connectivity index (χ0v) is 30.7. The first-order valence-corrected chi connectivity index (χ1v) is 19.3. The SMILES string of the molecule is C1=Cc2c(c3ccc4c(c5ccccc5n4-c4cccc(-c5cccc(-c6ccccc6)n5)c4)c3n2-c2cccc(-c3cccc(-c4ccccc4)n3)c2)CC1. The number of para-hydroxylation sites is 1. The van der Waals surface area contributed by atoms with Crippen LogP contribution in [0.2, 0.25) is 0 Å². The van der Waals surface area contributed by atoms with Crippen molar-refractivity contribution < 1.29 is 0 Å². The highest BCUT2D eigenvalue weighted by Crippen LogP contribution is 2.43. The number of aryl methyl sites for hydroxylation is 1. The zero-order valence-electron chi connectivity index (χ0n) is 30.7. The lowest BCUT2D eigenvalue weighted by Gasteiger charge is -2.14. The predicted molar refractivity (Wildman–Crippen MR) is 232 cm³/mol. The molecule has 0 unspecified atom stereocenters. The number of rotatable bonds is 6. The normalized spacial score (nSPS) is 12.4. The van der Waals surface area contributed by atoms with Crippen LogP contribution in [-0.4, -0.2) is 19.1 Å². The Kier molecular flexibility index (Phi) is 7.59. The number of allylic oxidation sites excluding steroid dienone is 1. The van der Waals surface area contributed by atoms with Gasteiger partial charge in [0.2, 0.25) is 0 Å². The third-order valence-corrected chi connectivity index (χ3v) is 11.2. The van der Waals surface area contributed by atoms with Crippen LogP contribution in [0.4, 0.5) is 0 Å². The maximum atomic E-state index is 5.13. The van der Waals surface area contributed by atoms with Crippen molar-refractivity contribution >= 4 is 38.8 Å². The summed E-state index contributed by atoms with van der Waals surface area (Å²) >= 11 is 0. The first kappa shape index (κ1) is 32.2. The van der Waals surface area contributed by atoms with E-state index in [1.807, 2.05) is 12.1 Å². The largest absolute Gasteiger partial charge is 0.309 e. The van der Waals surface area contributed by atoms with Gasteiger partial charge in [0.1, 0.15) is 0 Å². The number of benzene rings is 6. The standard InChI is InChI=1S/C52H36N4/c1-3-15-35(16-4-1)44-25-13-27-46(53-44)37-19-11-21-39(33-37)55-49-30-10-8-24-43(49)51-50(55)32-31-42-41-23-7-9-29-48(41)56(52(42)51)40-22-12-20-38(34-40)47-28-14-26-45(54-47)36-17-5-2-6-18-36/h1-6,8-22,24-34H,7,23H2. The van der Waals surface area contributed by atoms with E-state index in [0.29, 0.717) is 0 Å². The highest BCUT2D eigenvalue weighted by atomic mass is 15.0. The number of hydrogen-bond donors (Lipinski definition) is 0. The fraction of sp³-hybridized carbons (Fsp3) is 0.0385. The Bertz CT molecular complexity index is 3130. The molecule has 4 heterocycles. The van der Waals surface area contributed by atoms with Crippen LogP contribution >= 0.6 is 0 Å². The van der Waals surface area contributed by atoms with Gasteiger partial charge in [-0.3, -0.25) is 0 Å². The van der Waals surface area contributed by atoms with Crippen molar-refractivity contribution in [3.8, 4) is 56.4 Å². The molecule has 0 saturated heterocycles. The van der Waals surface area contributed by atoms with E-state index in [0.717, 1.165) is 69.2 Å². The molecule has 0 amide bonds. The Balaban J connectivity index is 1.11. The Morgan fingerprint density at radius 1 is 0.411 bits per heavy atom. The molecule has 0 saturated carbocycles. The Labute approximate surface area is 325 Å². The molecule has 1 aliphatic carbocycles. The van der Waals surface area contributed by atoms with Crippen LogP contribution < -0.4 is 0 Å². The second kappa shape index (κ2) is 13.2. The van der Waals surface area contributed by atoms with E-state index in [9.17, 15) is 0 Å². The molecular formula is C52H36N4. The third-order valence-electron chi connectivity index (χ3n) is 11.2. The lowest BCUT2D eigenvalue weighted by Crippen LogP contribution is -2.01. The Morgan fingerprint density at radius 2 is 0.946 bits per heavy atom. The first-order chi connectivity index (χ1) is 27.8. The van der Waals surface area contributed by atoms with Crippen LogP contribution in [0.5, 0.6) is 0 Å². The molecule has 4 nitrogen and oxygen atoms in total. The van der Waals surface area contributed by atoms with Gasteiger partial charge >= 0.3 is 0 Å². The van der Waals surface area contributed by atoms with Gasteiger partial charge < -0.3 is 9.13 Å². The van der Waals surface area contributed by atoms with E-state index in [4.69, 9.17) is 9.97 Å². The molecule has 0 radical (unpaired) electrons. The number of aromatic nitrogens is 4. The Hall–Kier alpha value is -7.30. The van der Waals surface area contributed by atoms with Gasteiger partial charge in [0.25, 0.3) is 0 Å². The average molecular weight is 717 g/mol. The third kappa shape index (κ3) is 5.30. The minimum absolute atomic E-state index is 0.952. The summed E-state index contributed by atoms with van der Waals surface area (Å²) in [6, 6.07) is 64.6. The maximum absolute atomic E-state index is 5.13. The molecule has 0 aliphatic heterocycles. The first-order valence-electron chi connectivity index (χ1n) is 19.3. The number of fused-ring (bicyclic) bond motifs is 7. The van der Waals surface area contributed by atoms with Crippen LogP contribution in [0.25, 0.3) is 95.2 Å². The van der Waals surface area contributed by atoms with Crippen molar-refractivity contribution in [1.29, 1.82) is 0 Å². The van der Waals surface area contributed by atoms with E-state index in [2.05, 4.69) is 191 Å². The second-order valence-electron chi connectivity index (χ2n) is 14.5. The highest BCUT2D eigenvalue weighted by molar-refractivity contribution is 6.22. The summed E-state index contributed by atoms with van der Waals surface area (Å²) in [6.45, 7) is 0. The molecule has 56 heavy (non-hydrogen) atoms. The summed E-state index contributed by atoms with van der Waals surface area (Å²) in [7, 11) is 0. The predicted octanol–water partition coefficient (Wildman–Crippen LogP) is 13.1. The topological polar surface area (TPSA) is 35.6 Å². The molecular weight excluding hydrogens is 681 g/mol. The van der Waals surface area contributed by atoms with Gasteiger partial charge in [0.05, 0.1) is 39.3 Å². The van der Waals surface area contributed by atoms with Crippen LogP contribution in [-0.2, 0) is 6.42 Å². The van der Waals surface area contributed by atoms with E-state index < -0.39 is 0 Å². The van der Waals surface area contributed by atoms with Crippen LogP contribution in [0.1, 0.15) is 17.7 Å². The van der Waals surface area contributed by atoms with Gasteiger partial charge in [-0.25, -0.2) is 9.97 Å². The summed E-state index contributed by atoms with van der Waals surface area (Å²) in [4.78, 5) is 10.2. The van der Waals surface area contributed by atoms with Crippen LogP contribution in [0, 0.1) is 0 Å². The fourth-order valence-electron chi connectivity index (χ4n) is 8.66. The number of hydrogen-bond acceptors (Lipinski definition) is 2. The molecule has 0 bridgehead atoms. The monoisotopic (exact) mass is 716 g/mol. The van der Waals surface area contributed by atoms with Crippen molar-refractivity contribution in [3.05, 3.63) is 199 Å². The molecule has 1 aliphatic rings. The quantitative estimate of drug-likeness (QED) is 0.172. The van der Waals surface area contributed by atoms with Gasteiger partial charge in [0.15, 0.2) is 0 Å². The van der Waals surface area contributed by atoms with Crippen molar-refractivity contribution in [2.24, 2.45) is 0 Å². The summed E-state index contributed by atoms with van der Waals surface area (Å²) in [5, 5.41) is 3.80. The van der Waals surface area contributed by atoms with Gasteiger partial charge in [-0.2, -0.15) is 0 Å². The molecule has 0 atom stereocenters. The van der Waals surface area contributed by atoms with Crippen LogP contribution in [0.3, 0.4) is 0 Å². The average Bonchev–Trinajstić information content (AvgIpc) is 3.80. The molecule has 11 rings (SSSR count). The van der Waals surface area contributed by atoms with E-state index in [-0.39, 0.29) is 0 Å². The molecule has 0 fully saturated rings. The number of pyridine rings is 2. The van der Waals surface area contributed by atoms with Crippen molar-refractivity contribution in [2.45, 2.75) is 12.8 Å². The molecule has 264 valence electrons. The van der Waals surface area contributed by atoms with Gasteiger partial charge in [-0.15, -0.1) is 0 Å². The van der Waals surface area contributed by atoms with Gasteiger partial charge in [0, 0.05) is 55.5 Å². The maximum Gasteiger partial charge on any atom is 0.0710 e. The zero-order chi connectivity index (χ0) is 37.0. The van der Waals surface area contributed by atoms with E-state index in [1.165, 1.54) is 44.0 Å². The molecule has 0 N–H and O–H groups in total. The summed E-state index contributed by atoms with van der Waals surface area (Å²) in [5.41, 5.74) is 16.7. The van der Waals surface area contributed by atoms with E-state index in [1.54, 1.807) is 0 Å². The highest BCUT2D eigenvalue weighted by Gasteiger charge is 2.24. The summed E-state index contributed by atoms with van der Waals surface area (Å²) in [6.07, 6.45) is 6.69. The Morgan fingerprint density at radius 3 is 1.59 bits per heavy atom. The molecule has 4 heteroatoms. The summed E-state index contributed by atoms with van der Waals surface area (Å²) < 4.78 is 4.93. The molecule has 0 spiro atoms. The lowest BCUT2D eigenvalue weighted by molar-refractivity contribution is 0.968. The van der Waals surface area contributed by atoms with Gasteiger partial charge in [-0.05, 0) is 85.1 Å². The minimum Gasteiger partial charge on any atom is -0.309 e. The molecule has 4 aromatic heterocycles. The molecule has 6 aromatic carbocycles. The summed E-state index contributed by atoms with van der Waals surface area (Å²) in [5.74, 6) is 0. The lowest BCUT2D eigenvalue weighted by atomic mass is 10.00. The number of nitrogens with zero attached hydrogens (tertiary/aromatic N) is 4.